The maximum absolute atomic E-state index is 12.4. The maximum atomic E-state index is 12.4. The van der Waals surface area contributed by atoms with Crippen molar-refractivity contribution in [3.63, 3.8) is 0 Å². The molecule has 4 rings (SSSR count). The molecule has 3 heterocycles. The second-order valence-electron chi connectivity index (χ2n) is 7.10. The summed E-state index contributed by atoms with van der Waals surface area (Å²) in [6.07, 6.45) is -0.938. The van der Waals surface area contributed by atoms with E-state index in [-0.39, 0.29) is 12.4 Å². The van der Waals surface area contributed by atoms with E-state index in [1.165, 1.54) is 29.4 Å². The van der Waals surface area contributed by atoms with Gasteiger partial charge in [-0.1, -0.05) is 11.6 Å². The first kappa shape index (κ1) is 22.4. The predicted octanol–water partition coefficient (Wildman–Crippen LogP) is -0.146. The highest BCUT2D eigenvalue weighted by Crippen LogP contribution is 2.31. The maximum Gasteiger partial charge on any atom is 0.233 e. The van der Waals surface area contributed by atoms with Gasteiger partial charge >= 0.3 is 0 Å². The monoisotopic (exact) mass is 481 g/mol. The fraction of sp³-hybridized carbons (Fsp3) is 0.278. The molecule has 2 aromatic heterocycles. The van der Waals surface area contributed by atoms with Crippen LogP contribution in [0.15, 0.2) is 36.3 Å². The van der Waals surface area contributed by atoms with E-state index in [1.807, 2.05) is 0 Å². The van der Waals surface area contributed by atoms with Gasteiger partial charge in [0.1, 0.15) is 30.2 Å². The summed E-state index contributed by atoms with van der Waals surface area (Å²) in [5, 5.41) is 22.2. The molecule has 0 radical (unpaired) electrons. The molecule has 14 heteroatoms. The van der Waals surface area contributed by atoms with Crippen LogP contribution in [0.1, 0.15) is 11.8 Å². The third kappa shape index (κ3) is 4.39. The minimum Gasteiger partial charge on any atom is -0.398 e. The number of nitrogens with one attached hydrogen (secondary N) is 1. The molecule has 1 aliphatic heterocycles. The van der Waals surface area contributed by atoms with Crippen molar-refractivity contribution < 1.29 is 23.4 Å². The average molecular weight is 482 g/mol. The smallest absolute Gasteiger partial charge is 0.233 e. The van der Waals surface area contributed by atoms with Crippen LogP contribution in [0.25, 0.3) is 17.2 Å². The van der Waals surface area contributed by atoms with Crippen LogP contribution in [0.4, 0.5) is 11.5 Å². The molecule has 0 unspecified atom stereocenters. The number of nitrogens with zero attached hydrogens (tertiary/aromatic N) is 4. The van der Waals surface area contributed by atoms with Gasteiger partial charge in [0.05, 0.1) is 6.33 Å². The van der Waals surface area contributed by atoms with E-state index in [1.54, 1.807) is 12.1 Å². The molecule has 4 atom stereocenters. The number of imidazole rings is 1. The first-order valence-electron chi connectivity index (χ1n) is 9.33. The number of ether oxygens (including phenoxy) is 1. The number of benzene rings is 1. The Labute approximate surface area is 187 Å². The van der Waals surface area contributed by atoms with Gasteiger partial charge in [0.2, 0.25) is 10.0 Å². The molecule has 1 saturated heterocycles. The van der Waals surface area contributed by atoms with Crippen molar-refractivity contribution in [3.05, 3.63) is 46.8 Å². The molecule has 0 amide bonds. The van der Waals surface area contributed by atoms with Crippen molar-refractivity contribution in [1.82, 2.24) is 24.2 Å². The number of hydrogen-bond acceptors (Lipinski definition) is 10. The Bertz CT molecular complexity index is 1280. The molecule has 0 spiro atoms. The van der Waals surface area contributed by atoms with E-state index in [0.29, 0.717) is 27.4 Å². The number of anilines is 2. The van der Waals surface area contributed by atoms with Gasteiger partial charge in [-0.05, 0) is 29.8 Å². The summed E-state index contributed by atoms with van der Waals surface area (Å²) in [7, 11) is -3.91. The molecule has 0 saturated carbocycles. The van der Waals surface area contributed by atoms with Gasteiger partial charge < -0.3 is 26.4 Å². The third-order valence-corrected chi connectivity index (χ3v) is 6.26. The summed E-state index contributed by atoms with van der Waals surface area (Å²) < 4.78 is 34.1. The first-order chi connectivity index (χ1) is 15.2. The van der Waals surface area contributed by atoms with Crippen LogP contribution in [0.3, 0.4) is 0 Å². The highest BCUT2D eigenvalue weighted by molar-refractivity contribution is 7.92. The number of nitrogen functional groups attached to an aromatic ring is 2. The summed E-state index contributed by atoms with van der Waals surface area (Å²) in [6, 6.07) is 4.68. The van der Waals surface area contributed by atoms with E-state index in [0.717, 1.165) is 5.41 Å². The molecule has 3 aromatic rings. The number of sulfonamides is 1. The Morgan fingerprint density at radius 2 is 2.00 bits per heavy atom. The lowest BCUT2D eigenvalue weighted by Gasteiger charge is -2.16. The van der Waals surface area contributed by atoms with Crippen LogP contribution in [0.5, 0.6) is 0 Å². The van der Waals surface area contributed by atoms with Gasteiger partial charge in [0, 0.05) is 22.7 Å². The lowest BCUT2D eigenvalue weighted by molar-refractivity contribution is -0.0329. The van der Waals surface area contributed by atoms with Crippen LogP contribution in [0, 0.1) is 0 Å². The summed E-state index contributed by atoms with van der Waals surface area (Å²) in [5.41, 5.74) is 13.0. The van der Waals surface area contributed by atoms with Gasteiger partial charge in [-0.3, -0.25) is 4.57 Å². The molecule has 0 bridgehead atoms. The number of aliphatic hydroxyl groups is 2. The summed E-state index contributed by atoms with van der Waals surface area (Å²) >= 11 is 5.90. The minimum absolute atomic E-state index is 0.151. The zero-order valence-corrected chi connectivity index (χ0v) is 18.0. The van der Waals surface area contributed by atoms with E-state index >= 15 is 0 Å². The average Bonchev–Trinajstić information content (AvgIpc) is 3.30. The highest BCUT2D eigenvalue weighted by Gasteiger charge is 2.44. The SMILES string of the molecule is Nc1ccc(Cl)cc1/C=C/S(=O)(=O)NC[C@H]1O[C@@H](n2cnc3c(N)ncnc32)[C@H](O)[C@@H]1O. The molecule has 0 aliphatic carbocycles. The van der Waals surface area contributed by atoms with Gasteiger partial charge in [0.25, 0.3) is 0 Å². The number of fused-ring (bicyclic) bond motifs is 1. The van der Waals surface area contributed by atoms with Crippen LogP contribution >= 0.6 is 11.6 Å². The number of halogens is 1. The zero-order valence-electron chi connectivity index (χ0n) is 16.4. The molecule has 1 aromatic carbocycles. The zero-order chi connectivity index (χ0) is 23.0. The second kappa shape index (κ2) is 8.61. The molecule has 1 aliphatic rings. The predicted molar refractivity (Wildman–Crippen MR) is 117 cm³/mol. The quantitative estimate of drug-likeness (QED) is 0.296. The van der Waals surface area contributed by atoms with Gasteiger partial charge in [-0.25, -0.2) is 28.1 Å². The van der Waals surface area contributed by atoms with Crippen molar-refractivity contribution in [2.75, 3.05) is 18.0 Å². The Kier molecular flexibility index (Phi) is 6.03. The molecule has 12 nitrogen and oxygen atoms in total. The van der Waals surface area contributed by atoms with Gasteiger partial charge in [-0.15, -0.1) is 0 Å². The topological polar surface area (TPSA) is 191 Å². The molecule has 1 fully saturated rings. The first-order valence-corrected chi connectivity index (χ1v) is 11.3. The van der Waals surface area contributed by atoms with Gasteiger partial charge in [0.15, 0.2) is 17.7 Å². The van der Waals surface area contributed by atoms with Crippen molar-refractivity contribution >= 4 is 50.4 Å². The lowest BCUT2D eigenvalue weighted by Crippen LogP contribution is -2.39. The molecular formula is C18H20ClN7O5S. The summed E-state index contributed by atoms with van der Waals surface area (Å²) in [4.78, 5) is 12.0. The van der Waals surface area contributed by atoms with E-state index in [2.05, 4.69) is 19.7 Å². The number of nitrogens with two attached hydrogens (primary N) is 2. The fourth-order valence-corrected chi connectivity index (χ4v) is 4.28. The van der Waals surface area contributed by atoms with Gasteiger partial charge in [-0.2, -0.15) is 0 Å². The number of aromatic nitrogens is 4. The largest absolute Gasteiger partial charge is 0.398 e. The molecular weight excluding hydrogens is 462 g/mol. The third-order valence-electron chi connectivity index (χ3n) is 4.96. The van der Waals surface area contributed by atoms with Crippen molar-refractivity contribution in [2.24, 2.45) is 0 Å². The van der Waals surface area contributed by atoms with Crippen molar-refractivity contribution in [1.29, 1.82) is 0 Å². The summed E-state index contributed by atoms with van der Waals surface area (Å²) in [6.45, 7) is -0.295. The Morgan fingerprint density at radius 3 is 2.78 bits per heavy atom. The highest BCUT2D eigenvalue weighted by atomic mass is 35.5. The Hall–Kier alpha value is -2.81. The van der Waals surface area contributed by atoms with Crippen LogP contribution in [-0.2, 0) is 14.8 Å². The molecule has 170 valence electrons. The molecule has 32 heavy (non-hydrogen) atoms. The number of rotatable bonds is 6. The van der Waals surface area contributed by atoms with Crippen molar-refractivity contribution in [2.45, 2.75) is 24.5 Å². The second-order valence-corrected chi connectivity index (χ2v) is 9.19. The van der Waals surface area contributed by atoms with Crippen LogP contribution in [0.2, 0.25) is 5.02 Å². The van der Waals surface area contributed by atoms with E-state index in [9.17, 15) is 18.6 Å². The summed E-state index contributed by atoms with van der Waals surface area (Å²) in [5.74, 6) is 0.151. The standard InChI is InChI=1S/C18H20ClN7O5S/c19-10-1-2-11(20)9(5-10)3-4-32(29,30)25-6-12-14(27)15(28)18(31-12)26-8-24-13-16(21)22-7-23-17(13)26/h1-5,7-8,12,14-15,18,25,27-28H,6,20H2,(H2,21,22,23)/b4-3+/t12-,14-,15-,18-/m1/s1. The van der Waals surface area contributed by atoms with Crippen LogP contribution in [-0.4, -0.2) is 63.0 Å². The van der Waals surface area contributed by atoms with Crippen molar-refractivity contribution in [3.8, 4) is 0 Å². The lowest BCUT2D eigenvalue weighted by atomic mass is 10.1. The van der Waals surface area contributed by atoms with Crippen LogP contribution < -0.4 is 16.2 Å². The fourth-order valence-electron chi connectivity index (χ4n) is 3.28. The Balaban J connectivity index is 1.46. The number of aliphatic hydroxyl groups excluding tert-OH is 2. The minimum atomic E-state index is -3.91. The normalized spacial score (nSPS) is 24.0. The van der Waals surface area contributed by atoms with E-state index in [4.69, 9.17) is 27.8 Å². The number of hydrogen-bond donors (Lipinski definition) is 5. The van der Waals surface area contributed by atoms with E-state index < -0.39 is 34.6 Å². The molecule has 7 N–H and O–H groups in total. The Morgan fingerprint density at radius 1 is 1.22 bits per heavy atom.